The van der Waals surface area contributed by atoms with E-state index in [9.17, 15) is 18.7 Å². The van der Waals surface area contributed by atoms with Gasteiger partial charge in [0.2, 0.25) is 0 Å². The van der Waals surface area contributed by atoms with Gasteiger partial charge in [0.1, 0.15) is 0 Å². The van der Waals surface area contributed by atoms with Gasteiger partial charge < -0.3 is 9.90 Å². The van der Waals surface area contributed by atoms with Crippen LogP contribution in [-0.2, 0) is 11.2 Å². The molecule has 0 bridgehead atoms. The fraction of sp³-hybridized carbons (Fsp3) is 0.333. The number of hydrogen-bond acceptors (Lipinski definition) is 3. The van der Waals surface area contributed by atoms with Crippen molar-refractivity contribution >= 4 is 5.97 Å². The molecule has 0 atom stereocenters. The number of aromatic nitrogens is 2. The van der Waals surface area contributed by atoms with E-state index in [1.54, 1.807) is 0 Å². The second-order valence-electron chi connectivity index (χ2n) is 2.11. The third kappa shape index (κ3) is 3.57. The van der Waals surface area contributed by atoms with Gasteiger partial charge in [0, 0.05) is 18.6 Å². The van der Waals surface area contributed by atoms with Gasteiger partial charge in [-0.1, -0.05) is 0 Å². The van der Waals surface area contributed by atoms with Gasteiger partial charge in [-0.05, 0) is 6.07 Å². The van der Waals surface area contributed by atoms with E-state index in [0.29, 0.717) is 4.68 Å². The van der Waals surface area contributed by atoms with Crippen LogP contribution in [0.25, 0.3) is 0 Å². The first-order valence-electron chi connectivity index (χ1n) is 3.11. The van der Waals surface area contributed by atoms with E-state index in [4.69, 9.17) is 0 Å². The maximum Gasteiger partial charge on any atom is 1.00 e. The van der Waals surface area contributed by atoms with Crippen molar-refractivity contribution in [1.29, 1.82) is 0 Å². The number of carbonyl (C=O) groups is 1. The van der Waals surface area contributed by atoms with Crippen molar-refractivity contribution in [3.8, 4) is 0 Å². The van der Waals surface area contributed by atoms with Gasteiger partial charge in [-0.3, -0.25) is 0 Å². The molecule has 0 N–H and O–H groups in total. The fourth-order valence-corrected chi connectivity index (χ4v) is 0.728. The molecule has 0 unspecified atom stereocenters. The Kier molecular flexibility index (Phi) is 4.66. The third-order valence-electron chi connectivity index (χ3n) is 1.19. The molecule has 1 aromatic rings. The van der Waals surface area contributed by atoms with Gasteiger partial charge in [-0.25, -0.2) is 4.68 Å². The van der Waals surface area contributed by atoms with E-state index in [1.807, 2.05) is 0 Å². The Hall–Kier alpha value is -0.863. The van der Waals surface area contributed by atoms with Gasteiger partial charge in [-0.2, -0.15) is 13.9 Å². The van der Waals surface area contributed by atoms with Crippen molar-refractivity contribution in [1.82, 2.24) is 9.78 Å². The average molecular weight is 182 g/mol. The molecule has 0 aromatic carbocycles. The zero-order valence-electron chi connectivity index (χ0n) is 6.91. The normalized spacial score (nSPS) is 9.77. The molecule has 0 aliphatic rings. The number of halogens is 2. The molecule has 66 valence electrons. The topological polar surface area (TPSA) is 57.9 Å². The van der Waals surface area contributed by atoms with E-state index >= 15 is 0 Å². The maximum atomic E-state index is 11.9. The van der Waals surface area contributed by atoms with Gasteiger partial charge in [0.15, 0.2) is 0 Å². The zero-order chi connectivity index (χ0) is 9.14. The molecular weight excluding hydrogens is 177 g/mol. The Balaban J connectivity index is 0.00000144. The molecular formula is C6H5F2LiN2O2. The Labute approximate surface area is 84.7 Å². The van der Waals surface area contributed by atoms with Crippen molar-refractivity contribution in [3.05, 3.63) is 18.0 Å². The summed E-state index contributed by atoms with van der Waals surface area (Å²) in [5, 5.41) is 13.3. The van der Waals surface area contributed by atoms with Crippen LogP contribution in [0.1, 0.15) is 12.2 Å². The third-order valence-corrected chi connectivity index (χ3v) is 1.19. The van der Waals surface area contributed by atoms with E-state index in [1.165, 1.54) is 6.07 Å². The van der Waals surface area contributed by atoms with Gasteiger partial charge in [0.05, 0.1) is 5.69 Å². The number of rotatable bonds is 3. The molecule has 0 fully saturated rings. The summed E-state index contributed by atoms with van der Waals surface area (Å²) in [5.74, 6) is -1.34. The summed E-state index contributed by atoms with van der Waals surface area (Å²) in [5.41, 5.74) is 0.0651. The number of alkyl halides is 2. The minimum Gasteiger partial charge on any atom is -0.550 e. The molecule has 0 saturated carbocycles. The Morgan fingerprint density at radius 2 is 2.31 bits per heavy atom. The first kappa shape index (κ1) is 12.1. The van der Waals surface area contributed by atoms with Crippen LogP contribution in [0.4, 0.5) is 8.78 Å². The maximum absolute atomic E-state index is 11.9. The summed E-state index contributed by atoms with van der Waals surface area (Å²) in [6, 6.07) is 1.21. The monoisotopic (exact) mass is 182 g/mol. The van der Waals surface area contributed by atoms with E-state index in [0.717, 1.165) is 6.20 Å². The summed E-state index contributed by atoms with van der Waals surface area (Å²) in [7, 11) is 0. The van der Waals surface area contributed by atoms with Crippen molar-refractivity contribution in [3.63, 3.8) is 0 Å². The minimum absolute atomic E-state index is 0. The van der Waals surface area contributed by atoms with Crippen molar-refractivity contribution in [2.45, 2.75) is 13.0 Å². The summed E-state index contributed by atoms with van der Waals surface area (Å²) >= 11 is 0. The standard InChI is InChI=1S/C6H6F2N2O2.Li/c7-6(8)10-2-1-4(9-10)3-5(11)12;/h1-2,6H,3H2,(H,11,12);/q;+1/p-1. The molecule has 1 heterocycles. The zero-order valence-corrected chi connectivity index (χ0v) is 6.91. The minimum atomic E-state index is -2.74. The molecule has 7 heteroatoms. The molecule has 0 aliphatic heterocycles. The Morgan fingerprint density at radius 1 is 1.69 bits per heavy atom. The van der Waals surface area contributed by atoms with Crippen LogP contribution < -0.4 is 24.0 Å². The van der Waals surface area contributed by atoms with Crippen LogP contribution in [0.3, 0.4) is 0 Å². The summed E-state index contributed by atoms with van der Waals surface area (Å²) in [4.78, 5) is 10.00. The van der Waals surface area contributed by atoms with Gasteiger partial charge >= 0.3 is 25.4 Å². The first-order chi connectivity index (χ1) is 5.59. The summed E-state index contributed by atoms with van der Waals surface area (Å²) in [6.07, 6.45) is 0.572. The fourth-order valence-electron chi connectivity index (χ4n) is 0.728. The quantitative estimate of drug-likeness (QED) is 0.457. The smallest absolute Gasteiger partial charge is 0.550 e. The van der Waals surface area contributed by atoms with Gasteiger partial charge in [0.25, 0.3) is 0 Å². The van der Waals surface area contributed by atoms with E-state index < -0.39 is 18.9 Å². The van der Waals surface area contributed by atoms with Crippen molar-refractivity contribution in [2.75, 3.05) is 0 Å². The molecule has 1 rings (SSSR count). The second kappa shape index (κ2) is 4.99. The van der Waals surface area contributed by atoms with E-state index in [-0.39, 0.29) is 24.6 Å². The Morgan fingerprint density at radius 3 is 2.69 bits per heavy atom. The SMILES string of the molecule is O=C([O-])Cc1ccn(C(F)F)n1.[Li+]. The molecule has 13 heavy (non-hydrogen) atoms. The largest absolute Gasteiger partial charge is 1.00 e. The molecule has 0 saturated heterocycles. The molecule has 1 aromatic heterocycles. The van der Waals surface area contributed by atoms with Crippen LogP contribution in [0.15, 0.2) is 12.3 Å². The Bertz CT molecular complexity index is 290. The predicted octanol–water partition coefficient (Wildman–Crippen LogP) is -3.43. The van der Waals surface area contributed by atoms with Crippen LogP contribution >= 0.6 is 0 Å². The summed E-state index contributed by atoms with van der Waals surface area (Å²) in [6.45, 7) is -2.74. The van der Waals surface area contributed by atoms with Crippen LogP contribution in [0.5, 0.6) is 0 Å². The summed E-state index contributed by atoms with van der Waals surface area (Å²) < 4.78 is 24.1. The van der Waals surface area contributed by atoms with Crippen LogP contribution in [0, 0.1) is 0 Å². The molecule has 4 nitrogen and oxygen atoms in total. The van der Waals surface area contributed by atoms with Crippen molar-refractivity contribution < 1.29 is 37.5 Å². The number of carboxylic acids is 1. The average Bonchev–Trinajstić information content (AvgIpc) is 2.34. The molecule has 0 radical (unpaired) electrons. The first-order valence-corrected chi connectivity index (χ1v) is 3.11. The predicted molar refractivity (Wildman–Crippen MR) is 32.2 cm³/mol. The molecule has 0 spiro atoms. The second-order valence-corrected chi connectivity index (χ2v) is 2.11. The molecule has 0 amide bonds. The van der Waals surface area contributed by atoms with Crippen LogP contribution in [-0.4, -0.2) is 15.7 Å². The van der Waals surface area contributed by atoms with Crippen molar-refractivity contribution in [2.24, 2.45) is 0 Å². The van der Waals surface area contributed by atoms with Gasteiger partial charge in [-0.15, -0.1) is 0 Å². The van der Waals surface area contributed by atoms with E-state index in [2.05, 4.69) is 5.10 Å². The molecule has 0 aliphatic carbocycles. The number of nitrogens with zero attached hydrogens (tertiary/aromatic N) is 2. The number of carboxylic acid groups (broad SMARTS) is 1. The van der Waals surface area contributed by atoms with Crippen LogP contribution in [0.2, 0.25) is 0 Å². The number of hydrogen-bond donors (Lipinski definition) is 0. The number of carbonyl (C=O) groups excluding carboxylic acids is 1. The number of aliphatic carboxylic acids is 1.